The average Bonchev–Trinajstić information content (AvgIpc) is 3.07. The molecule has 0 N–H and O–H groups in total. The highest BCUT2D eigenvalue weighted by atomic mass is 15.2. The minimum atomic E-state index is -0.142. The fraction of sp³-hybridized carbons (Fsp3) is 0.381. The molecule has 4 nitrogen and oxygen atoms in total. The van der Waals surface area contributed by atoms with Gasteiger partial charge in [-0.05, 0) is 44.7 Å². The fourth-order valence-corrected chi connectivity index (χ4v) is 3.69. The second-order valence-electron chi connectivity index (χ2n) is 7.50. The van der Waals surface area contributed by atoms with Crippen LogP contribution < -0.4 is 4.90 Å². The molecule has 0 aliphatic carbocycles. The quantitative estimate of drug-likeness (QED) is 0.732. The van der Waals surface area contributed by atoms with Crippen molar-refractivity contribution < 1.29 is 0 Å². The number of fused-ring (bicyclic) bond motifs is 1. The maximum absolute atomic E-state index is 4.64. The van der Waals surface area contributed by atoms with Gasteiger partial charge in [0.1, 0.15) is 0 Å². The van der Waals surface area contributed by atoms with Gasteiger partial charge in [0, 0.05) is 31.9 Å². The van der Waals surface area contributed by atoms with E-state index in [1.807, 2.05) is 6.33 Å². The molecule has 130 valence electrons. The fourth-order valence-electron chi connectivity index (χ4n) is 3.69. The largest absolute Gasteiger partial charge is 0.369 e. The summed E-state index contributed by atoms with van der Waals surface area (Å²) in [6.07, 6.45) is 1.98. The zero-order chi connectivity index (χ0) is 17.4. The number of piperazine rings is 1. The zero-order valence-corrected chi connectivity index (χ0v) is 15.3. The van der Waals surface area contributed by atoms with Crippen molar-refractivity contribution in [2.24, 2.45) is 0 Å². The standard InChI is InChI=1S/C21H26N4/c1-21(2,17-7-5-4-6-8-17)25-16-22-19-10-9-18(15-20(19)25)24-13-11-23(3)12-14-24/h4-10,15-16H,11-14H2,1-3H3. The zero-order valence-electron chi connectivity index (χ0n) is 15.3. The Labute approximate surface area is 149 Å². The number of likely N-dealkylation sites (N-methyl/N-ethyl adjacent to an activating group) is 1. The molecule has 1 fully saturated rings. The number of anilines is 1. The summed E-state index contributed by atoms with van der Waals surface area (Å²) in [7, 11) is 2.19. The topological polar surface area (TPSA) is 24.3 Å². The molecular formula is C21H26N4. The number of hydrogen-bond donors (Lipinski definition) is 0. The van der Waals surface area contributed by atoms with E-state index in [0.717, 1.165) is 31.7 Å². The van der Waals surface area contributed by atoms with Crippen molar-refractivity contribution in [1.82, 2.24) is 14.5 Å². The van der Waals surface area contributed by atoms with Gasteiger partial charge in [-0.15, -0.1) is 0 Å². The van der Waals surface area contributed by atoms with Crippen molar-refractivity contribution >= 4 is 16.7 Å². The Balaban J connectivity index is 1.74. The lowest BCUT2D eigenvalue weighted by atomic mass is 9.94. The Morgan fingerprint density at radius 2 is 1.64 bits per heavy atom. The first-order valence-electron chi connectivity index (χ1n) is 9.02. The van der Waals surface area contributed by atoms with Crippen LogP contribution in [0.5, 0.6) is 0 Å². The highest BCUT2D eigenvalue weighted by Gasteiger charge is 2.25. The minimum absolute atomic E-state index is 0.142. The van der Waals surface area contributed by atoms with Crippen LogP contribution in [-0.2, 0) is 5.54 Å². The van der Waals surface area contributed by atoms with E-state index in [2.05, 4.69) is 88.8 Å². The number of aromatic nitrogens is 2. The molecule has 0 amide bonds. The van der Waals surface area contributed by atoms with E-state index in [1.54, 1.807) is 0 Å². The van der Waals surface area contributed by atoms with Gasteiger partial charge in [-0.3, -0.25) is 0 Å². The maximum Gasteiger partial charge on any atom is 0.0966 e. The lowest BCUT2D eigenvalue weighted by Gasteiger charge is -2.34. The van der Waals surface area contributed by atoms with Crippen LogP contribution in [0, 0.1) is 0 Å². The summed E-state index contributed by atoms with van der Waals surface area (Å²) < 4.78 is 2.30. The molecule has 4 heteroatoms. The molecule has 0 bridgehead atoms. The number of imidazole rings is 1. The third-order valence-electron chi connectivity index (χ3n) is 5.48. The van der Waals surface area contributed by atoms with Gasteiger partial charge in [0.05, 0.1) is 22.9 Å². The van der Waals surface area contributed by atoms with Gasteiger partial charge in [-0.25, -0.2) is 4.98 Å². The molecule has 2 heterocycles. The third-order valence-corrected chi connectivity index (χ3v) is 5.48. The molecule has 1 aliphatic heterocycles. The van der Waals surface area contributed by atoms with Crippen molar-refractivity contribution in [3.63, 3.8) is 0 Å². The normalized spacial score (nSPS) is 16.5. The number of nitrogens with zero attached hydrogens (tertiary/aromatic N) is 4. The van der Waals surface area contributed by atoms with Crippen molar-refractivity contribution in [2.45, 2.75) is 19.4 Å². The Hall–Kier alpha value is -2.33. The first kappa shape index (κ1) is 16.2. The number of benzene rings is 2. The molecule has 0 radical (unpaired) electrons. The number of hydrogen-bond acceptors (Lipinski definition) is 3. The van der Waals surface area contributed by atoms with E-state index in [0.29, 0.717) is 0 Å². The summed E-state index contributed by atoms with van der Waals surface area (Å²) in [6.45, 7) is 8.91. The molecule has 1 aromatic heterocycles. The first-order valence-corrected chi connectivity index (χ1v) is 9.02. The Kier molecular flexibility index (Phi) is 4.00. The second kappa shape index (κ2) is 6.19. The van der Waals surface area contributed by atoms with E-state index in [9.17, 15) is 0 Å². The first-order chi connectivity index (χ1) is 12.1. The van der Waals surface area contributed by atoms with Crippen LogP contribution in [-0.4, -0.2) is 47.7 Å². The smallest absolute Gasteiger partial charge is 0.0966 e. The van der Waals surface area contributed by atoms with E-state index in [4.69, 9.17) is 0 Å². The molecule has 1 aliphatic rings. The average molecular weight is 334 g/mol. The number of rotatable bonds is 3. The van der Waals surface area contributed by atoms with E-state index in [-0.39, 0.29) is 5.54 Å². The summed E-state index contributed by atoms with van der Waals surface area (Å²) >= 11 is 0. The van der Waals surface area contributed by atoms with Crippen molar-refractivity contribution in [3.05, 3.63) is 60.4 Å². The van der Waals surface area contributed by atoms with Gasteiger partial charge in [0.2, 0.25) is 0 Å². The van der Waals surface area contributed by atoms with Gasteiger partial charge < -0.3 is 14.4 Å². The Bertz CT molecular complexity index is 858. The van der Waals surface area contributed by atoms with Gasteiger partial charge in [-0.1, -0.05) is 30.3 Å². The lowest BCUT2D eigenvalue weighted by Crippen LogP contribution is -2.44. The summed E-state index contributed by atoms with van der Waals surface area (Å²) in [5, 5.41) is 0. The third kappa shape index (κ3) is 2.91. The Morgan fingerprint density at radius 3 is 2.36 bits per heavy atom. The molecule has 0 saturated carbocycles. The van der Waals surface area contributed by atoms with Crippen LogP contribution in [0.15, 0.2) is 54.9 Å². The highest BCUT2D eigenvalue weighted by Crippen LogP contribution is 2.31. The molecular weight excluding hydrogens is 308 g/mol. The van der Waals surface area contributed by atoms with Crippen LogP contribution >= 0.6 is 0 Å². The van der Waals surface area contributed by atoms with Crippen LogP contribution in [0.2, 0.25) is 0 Å². The van der Waals surface area contributed by atoms with Crippen LogP contribution in [0.3, 0.4) is 0 Å². The molecule has 25 heavy (non-hydrogen) atoms. The SMILES string of the molecule is CN1CCN(c2ccc3ncn(C(C)(C)c4ccccc4)c3c2)CC1. The predicted molar refractivity (Wildman–Crippen MR) is 104 cm³/mol. The molecule has 2 aromatic carbocycles. The molecule has 3 aromatic rings. The van der Waals surface area contributed by atoms with E-state index < -0.39 is 0 Å². The molecule has 0 unspecified atom stereocenters. The van der Waals surface area contributed by atoms with Gasteiger partial charge in [0.15, 0.2) is 0 Å². The predicted octanol–water partition coefficient (Wildman–Crippen LogP) is 3.57. The van der Waals surface area contributed by atoms with E-state index in [1.165, 1.54) is 16.8 Å². The Morgan fingerprint density at radius 1 is 0.920 bits per heavy atom. The van der Waals surface area contributed by atoms with Gasteiger partial charge in [-0.2, -0.15) is 0 Å². The van der Waals surface area contributed by atoms with Crippen molar-refractivity contribution in [2.75, 3.05) is 38.1 Å². The maximum atomic E-state index is 4.64. The lowest BCUT2D eigenvalue weighted by molar-refractivity contribution is 0.313. The summed E-state index contributed by atoms with van der Waals surface area (Å²) in [6, 6.07) is 17.3. The molecule has 4 rings (SSSR count). The summed E-state index contributed by atoms with van der Waals surface area (Å²) in [5.74, 6) is 0. The van der Waals surface area contributed by atoms with Crippen molar-refractivity contribution in [3.8, 4) is 0 Å². The van der Waals surface area contributed by atoms with Crippen LogP contribution in [0.1, 0.15) is 19.4 Å². The molecule has 0 atom stereocenters. The summed E-state index contributed by atoms with van der Waals surface area (Å²) in [4.78, 5) is 9.51. The van der Waals surface area contributed by atoms with E-state index >= 15 is 0 Å². The van der Waals surface area contributed by atoms with Crippen LogP contribution in [0.25, 0.3) is 11.0 Å². The molecule has 0 spiro atoms. The van der Waals surface area contributed by atoms with Crippen LogP contribution in [0.4, 0.5) is 5.69 Å². The summed E-state index contributed by atoms with van der Waals surface area (Å²) in [5.41, 5.74) is 4.70. The monoisotopic (exact) mass is 334 g/mol. The minimum Gasteiger partial charge on any atom is -0.369 e. The second-order valence-corrected chi connectivity index (χ2v) is 7.50. The van der Waals surface area contributed by atoms with Gasteiger partial charge >= 0.3 is 0 Å². The van der Waals surface area contributed by atoms with Gasteiger partial charge in [0.25, 0.3) is 0 Å². The highest BCUT2D eigenvalue weighted by molar-refractivity contribution is 5.80. The van der Waals surface area contributed by atoms with Crippen molar-refractivity contribution in [1.29, 1.82) is 0 Å². The molecule has 1 saturated heterocycles.